The maximum atomic E-state index is 13.1. The largest absolute Gasteiger partial charge is 0.478 e. The Morgan fingerprint density at radius 1 is 1.27 bits per heavy atom. The van der Waals surface area contributed by atoms with Crippen molar-refractivity contribution in [3.63, 3.8) is 0 Å². The zero-order valence-corrected chi connectivity index (χ0v) is 18.8. The van der Waals surface area contributed by atoms with Crippen molar-refractivity contribution in [2.24, 2.45) is 5.92 Å². The smallest absolute Gasteiger partial charge is 0.265 e. The van der Waals surface area contributed by atoms with Crippen LogP contribution >= 0.6 is 0 Å². The number of anilines is 1. The summed E-state index contributed by atoms with van der Waals surface area (Å²) < 4.78 is 33.0. The molecule has 1 saturated carbocycles. The number of carbonyl (C=O) groups excluding carboxylic acids is 2. The second kappa shape index (κ2) is 8.93. The normalized spacial score (nSPS) is 24.0. The molecule has 1 aromatic rings. The molecule has 0 bridgehead atoms. The molecule has 8 nitrogen and oxygen atoms in total. The van der Waals surface area contributed by atoms with Crippen LogP contribution in [0.2, 0.25) is 0 Å². The summed E-state index contributed by atoms with van der Waals surface area (Å²) in [6.45, 7) is 5.43. The highest BCUT2D eigenvalue weighted by Gasteiger charge is 2.31. The molecule has 2 amide bonds. The molecule has 3 rings (SSSR count). The molecule has 0 saturated heterocycles. The quantitative estimate of drug-likeness (QED) is 0.711. The first-order valence-corrected chi connectivity index (χ1v) is 11.9. The van der Waals surface area contributed by atoms with E-state index < -0.39 is 16.1 Å². The van der Waals surface area contributed by atoms with Crippen molar-refractivity contribution in [1.82, 2.24) is 9.62 Å². The number of benzene rings is 1. The van der Waals surface area contributed by atoms with Gasteiger partial charge in [-0.05, 0) is 56.6 Å². The Hall–Kier alpha value is -2.13. The van der Waals surface area contributed by atoms with E-state index in [9.17, 15) is 18.0 Å². The molecule has 0 unspecified atom stereocenters. The number of fused-ring (bicyclic) bond motifs is 1. The zero-order chi connectivity index (χ0) is 22.1. The van der Waals surface area contributed by atoms with Crippen molar-refractivity contribution < 1.29 is 22.7 Å². The zero-order valence-electron chi connectivity index (χ0n) is 18.0. The Morgan fingerprint density at radius 3 is 2.57 bits per heavy atom. The number of ether oxygens (including phenoxy) is 1. The SMILES string of the molecule is CC[C@@H]1Oc2cc(S(=O)(=O)N(C)CC(=O)NC3CCC(C)CC3)c(C)cc2NC1=O. The molecule has 30 heavy (non-hydrogen) atoms. The van der Waals surface area contributed by atoms with Gasteiger partial charge in [0.25, 0.3) is 5.91 Å². The summed E-state index contributed by atoms with van der Waals surface area (Å²) in [5.41, 5.74) is 0.925. The van der Waals surface area contributed by atoms with Crippen LogP contribution in [0.5, 0.6) is 5.75 Å². The molecule has 0 radical (unpaired) electrons. The van der Waals surface area contributed by atoms with E-state index in [1.165, 1.54) is 13.1 Å². The fraction of sp³-hybridized carbons (Fsp3) is 0.619. The van der Waals surface area contributed by atoms with E-state index in [-0.39, 0.29) is 29.3 Å². The summed E-state index contributed by atoms with van der Waals surface area (Å²) in [6.07, 6.45) is 3.81. The topological polar surface area (TPSA) is 105 Å². The predicted molar refractivity (Wildman–Crippen MR) is 114 cm³/mol. The van der Waals surface area contributed by atoms with Gasteiger partial charge in [-0.1, -0.05) is 13.8 Å². The molecule has 9 heteroatoms. The number of hydrogen-bond donors (Lipinski definition) is 2. The van der Waals surface area contributed by atoms with Crippen molar-refractivity contribution in [3.05, 3.63) is 17.7 Å². The van der Waals surface area contributed by atoms with Crippen LogP contribution in [-0.4, -0.2) is 50.3 Å². The summed E-state index contributed by atoms with van der Waals surface area (Å²) in [6, 6.07) is 3.13. The lowest BCUT2D eigenvalue weighted by atomic mass is 9.87. The maximum absolute atomic E-state index is 13.1. The van der Waals surface area contributed by atoms with E-state index in [4.69, 9.17) is 4.74 Å². The van der Waals surface area contributed by atoms with Gasteiger partial charge >= 0.3 is 0 Å². The van der Waals surface area contributed by atoms with Gasteiger partial charge in [0.15, 0.2) is 6.10 Å². The van der Waals surface area contributed by atoms with Crippen molar-refractivity contribution in [1.29, 1.82) is 0 Å². The standard InChI is InChI=1S/C21H31N3O5S/c1-5-17-21(26)23-16-10-14(3)19(11-18(16)29-17)30(27,28)24(4)12-20(25)22-15-8-6-13(2)7-9-15/h10-11,13,15,17H,5-9,12H2,1-4H3,(H,22,25)(H,23,26)/t13?,15?,17-/m0/s1. The van der Waals surface area contributed by atoms with Gasteiger partial charge in [-0.3, -0.25) is 9.59 Å². The number of amides is 2. The molecule has 0 spiro atoms. The molecule has 2 N–H and O–H groups in total. The van der Waals surface area contributed by atoms with Crippen LogP contribution in [-0.2, 0) is 19.6 Å². The molecule has 0 aromatic heterocycles. The van der Waals surface area contributed by atoms with Crippen molar-refractivity contribution in [3.8, 4) is 5.75 Å². The lowest BCUT2D eigenvalue weighted by Crippen LogP contribution is -2.44. The molecular formula is C21H31N3O5S. The third-order valence-electron chi connectivity index (χ3n) is 5.90. The Balaban J connectivity index is 1.73. The first-order chi connectivity index (χ1) is 14.1. The Kier molecular flexibility index (Phi) is 6.71. The Morgan fingerprint density at radius 2 is 1.93 bits per heavy atom. The first-order valence-electron chi connectivity index (χ1n) is 10.5. The molecular weight excluding hydrogens is 406 g/mol. The number of rotatable bonds is 6. The number of nitrogens with zero attached hydrogens (tertiary/aromatic N) is 1. The van der Waals surface area contributed by atoms with Crippen LogP contribution in [0.3, 0.4) is 0 Å². The minimum Gasteiger partial charge on any atom is -0.478 e. The first kappa shape index (κ1) is 22.6. The monoisotopic (exact) mass is 437 g/mol. The minimum atomic E-state index is -3.91. The Labute approximate surface area is 178 Å². The van der Waals surface area contributed by atoms with Gasteiger partial charge < -0.3 is 15.4 Å². The molecule has 2 aliphatic rings. The third kappa shape index (κ3) is 4.78. The van der Waals surface area contributed by atoms with E-state index in [0.29, 0.717) is 29.3 Å². The second-order valence-corrected chi connectivity index (χ2v) is 10.4. The van der Waals surface area contributed by atoms with Crippen molar-refractivity contribution in [2.75, 3.05) is 18.9 Å². The van der Waals surface area contributed by atoms with E-state index in [1.807, 2.05) is 6.92 Å². The molecule has 166 valence electrons. The van der Waals surface area contributed by atoms with Gasteiger partial charge in [0.2, 0.25) is 15.9 Å². The minimum absolute atomic E-state index is 0.0639. The summed E-state index contributed by atoms with van der Waals surface area (Å²) in [5, 5.41) is 5.71. The van der Waals surface area contributed by atoms with Crippen molar-refractivity contribution in [2.45, 2.75) is 69.9 Å². The number of aryl methyl sites for hydroxylation is 1. The average Bonchev–Trinajstić information content (AvgIpc) is 2.68. The van der Waals surface area contributed by atoms with E-state index in [2.05, 4.69) is 17.6 Å². The summed E-state index contributed by atoms with van der Waals surface area (Å²) in [7, 11) is -2.51. The number of likely N-dealkylation sites (N-methyl/N-ethyl adjacent to an activating group) is 1. The molecule has 1 aromatic carbocycles. The molecule has 1 aliphatic heterocycles. The van der Waals surface area contributed by atoms with Gasteiger partial charge in [-0.25, -0.2) is 8.42 Å². The van der Waals surface area contributed by atoms with Crippen LogP contribution in [0.15, 0.2) is 17.0 Å². The maximum Gasteiger partial charge on any atom is 0.265 e. The van der Waals surface area contributed by atoms with Gasteiger partial charge in [-0.15, -0.1) is 0 Å². The van der Waals surface area contributed by atoms with Gasteiger partial charge in [0.1, 0.15) is 5.75 Å². The van der Waals surface area contributed by atoms with E-state index in [1.54, 1.807) is 13.0 Å². The average molecular weight is 438 g/mol. The molecule has 1 fully saturated rings. The number of carbonyl (C=O) groups is 2. The van der Waals surface area contributed by atoms with E-state index >= 15 is 0 Å². The third-order valence-corrected chi connectivity index (χ3v) is 7.85. The highest BCUT2D eigenvalue weighted by atomic mass is 32.2. The number of nitrogens with one attached hydrogen (secondary N) is 2. The fourth-order valence-electron chi connectivity index (χ4n) is 3.96. The van der Waals surface area contributed by atoms with Gasteiger partial charge in [0.05, 0.1) is 17.1 Å². The lowest BCUT2D eigenvalue weighted by Gasteiger charge is -2.28. The highest BCUT2D eigenvalue weighted by molar-refractivity contribution is 7.89. The predicted octanol–water partition coefficient (Wildman–Crippen LogP) is 2.42. The van der Waals surface area contributed by atoms with Crippen LogP contribution in [0.1, 0.15) is 51.5 Å². The van der Waals surface area contributed by atoms with Gasteiger partial charge in [-0.2, -0.15) is 4.31 Å². The molecule has 1 atom stereocenters. The summed E-state index contributed by atoms with van der Waals surface area (Å²) in [4.78, 5) is 24.5. The van der Waals surface area contributed by atoms with Crippen LogP contribution < -0.4 is 15.4 Å². The number of hydrogen-bond acceptors (Lipinski definition) is 5. The summed E-state index contributed by atoms with van der Waals surface area (Å²) >= 11 is 0. The highest BCUT2D eigenvalue weighted by Crippen LogP contribution is 2.35. The van der Waals surface area contributed by atoms with Crippen LogP contribution in [0, 0.1) is 12.8 Å². The molecule has 1 aliphatic carbocycles. The van der Waals surface area contributed by atoms with Crippen LogP contribution in [0.25, 0.3) is 0 Å². The number of sulfonamides is 1. The van der Waals surface area contributed by atoms with E-state index in [0.717, 1.165) is 30.0 Å². The Bertz CT molecular complexity index is 923. The van der Waals surface area contributed by atoms with Crippen LogP contribution in [0.4, 0.5) is 5.69 Å². The fourth-order valence-corrected chi connectivity index (χ4v) is 5.31. The summed E-state index contributed by atoms with van der Waals surface area (Å²) in [5.74, 6) is 0.448. The van der Waals surface area contributed by atoms with Gasteiger partial charge in [0, 0.05) is 19.2 Å². The molecule has 1 heterocycles. The second-order valence-electron chi connectivity index (χ2n) is 8.40. The lowest BCUT2D eigenvalue weighted by molar-refractivity contribution is -0.123. The van der Waals surface area contributed by atoms with Crippen molar-refractivity contribution >= 4 is 27.5 Å².